The number of benzene rings is 2. The minimum absolute atomic E-state index is 0.102. The Morgan fingerprint density at radius 3 is 2.35 bits per heavy atom. The number of nitrogens with zero attached hydrogens (tertiary/aromatic N) is 1. The van der Waals surface area contributed by atoms with Gasteiger partial charge in [0, 0.05) is 24.0 Å². The van der Waals surface area contributed by atoms with E-state index < -0.39 is 0 Å². The van der Waals surface area contributed by atoms with Gasteiger partial charge in [-0.1, -0.05) is 88.7 Å². The van der Waals surface area contributed by atoms with Crippen molar-refractivity contribution in [3.8, 4) is 0 Å². The minimum Gasteiger partial charge on any atom is -0.449 e. The van der Waals surface area contributed by atoms with Gasteiger partial charge in [-0.2, -0.15) is 0 Å². The summed E-state index contributed by atoms with van der Waals surface area (Å²) < 4.78 is 11.7. The Hall–Kier alpha value is -1.47. The van der Waals surface area contributed by atoms with Gasteiger partial charge in [-0.3, -0.25) is 9.69 Å². The van der Waals surface area contributed by atoms with Gasteiger partial charge in [0.05, 0.1) is 6.61 Å². The summed E-state index contributed by atoms with van der Waals surface area (Å²) in [6, 6.07) is 20.5. The number of unbranched alkanes of at least 4 members (excludes halogenated alkanes) is 1. The van der Waals surface area contributed by atoms with Crippen molar-refractivity contribution in [1.82, 2.24) is 4.90 Å². The molecule has 1 aliphatic heterocycles. The summed E-state index contributed by atoms with van der Waals surface area (Å²) >= 11 is 0. The van der Waals surface area contributed by atoms with Gasteiger partial charge in [0.1, 0.15) is 12.8 Å². The predicted molar refractivity (Wildman–Crippen MR) is 131 cm³/mol. The number of hydrogen-bond acceptors (Lipinski definition) is 6. The van der Waals surface area contributed by atoms with E-state index in [-0.39, 0.29) is 12.1 Å². The molecule has 31 heavy (non-hydrogen) atoms. The van der Waals surface area contributed by atoms with Crippen molar-refractivity contribution in [1.29, 1.82) is 0 Å². The third-order valence-electron chi connectivity index (χ3n) is 5.29. The van der Waals surface area contributed by atoms with Gasteiger partial charge in [0.15, 0.2) is 0 Å². The first-order chi connectivity index (χ1) is 15.2. The van der Waals surface area contributed by atoms with E-state index in [0.717, 1.165) is 29.2 Å². The molecule has 0 unspecified atom stereocenters. The molecule has 2 aromatic rings. The van der Waals surface area contributed by atoms with E-state index >= 15 is 0 Å². The van der Waals surface area contributed by atoms with Crippen LogP contribution in [0.25, 0.3) is 0 Å². The average molecular weight is 460 g/mol. The molecule has 1 atom stereocenters. The summed E-state index contributed by atoms with van der Waals surface area (Å²) in [7, 11) is 5.93. The van der Waals surface area contributed by atoms with E-state index in [1.807, 2.05) is 69.9 Å². The van der Waals surface area contributed by atoms with Crippen molar-refractivity contribution >= 4 is 27.6 Å². The lowest BCUT2D eigenvalue weighted by Crippen LogP contribution is -2.28. The van der Waals surface area contributed by atoms with E-state index in [2.05, 4.69) is 24.3 Å². The summed E-state index contributed by atoms with van der Waals surface area (Å²) in [5.41, 5.74) is 2.27. The van der Waals surface area contributed by atoms with Gasteiger partial charge < -0.3 is 9.47 Å². The Morgan fingerprint density at radius 1 is 1.06 bits per heavy atom. The second-order valence-electron chi connectivity index (χ2n) is 7.87. The lowest BCUT2D eigenvalue weighted by molar-refractivity contribution is -0.148. The molecule has 1 saturated heterocycles. The minimum atomic E-state index is -0.104. The summed E-state index contributed by atoms with van der Waals surface area (Å²) in [5, 5.41) is 0.780. The van der Waals surface area contributed by atoms with E-state index in [0.29, 0.717) is 26.3 Å². The quantitative estimate of drug-likeness (QED) is 0.160. The van der Waals surface area contributed by atoms with Crippen molar-refractivity contribution in [2.24, 2.45) is 0 Å². The number of carbonyl (C=O) groups is 1. The van der Waals surface area contributed by atoms with E-state index in [4.69, 9.17) is 9.47 Å². The molecular formula is C25H33NO3S2. The van der Waals surface area contributed by atoms with Crippen molar-refractivity contribution < 1.29 is 14.3 Å². The molecule has 0 radical (unpaired) electrons. The van der Waals surface area contributed by atoms with Crippen LogP contribution in [0.2, 0.25) is 0 Å². The fourth-order valence-electron chi connectivity index (χ4n) is 3.49. The first-order valence-electron chi connectivity index (χ1n) is 11.1. The molecule has 0 spiro atoms. The molecule has 0 aliphatic carbocycles. The van der Waals surface area contributed by atoms with Gasteiger partial charge in [-0.15, -0.1) is 0 Å². The largest absolute Gasteiger partial charge is 0.449 e. The molecule has 2 aromatic carbocycles. The highest BCUT2D eigenvalue weighted by molar-refractivity contribution is 8.77. The number of esters is 1. The maximum Gasteiger partial charge on any atom is 0.307 e. The fourth-order valence-corrected chi connectivity index (χ4v) is 6.52. The van der Waals surface area contributed by atoms with Gasteiger partial charge >= 0.3 is 5.97 Å². The lowest BCUT2D eigenvalue weighted by Gasteiger charge is -2.22. The Morgan fingerprint density at radius 2 is 1.74 bits per heavy atom. The third kappa shape index (κ3) is 8.89. The Bertz CT molecular complexity index is 714. The average Bonchev–Trinajstić information content (AvgIpc) is 3.33. The van der Waals surface area contributed by atoms with E-state index in [1.165, 1.54) is 18.6 Å². The topological polar surface area (TPSA) is 38.8 Å². The molecule has 3 rings (SSSR count). The highest BCUT2D eigenvalue weighted by Crippen LogP contribution is 2.39. The zero-order valence-electron chi connectivity index (χ0n) is 18.3. The highest BCUT2D eigenvalue weighted by atomic mass is 33.1. The van der Waals surface area contributed by atoms with Crippen molar-refractivity contribution in [3.63, 3.8) is 0 Å². The SMILES string of the molecule is CN(CCOC(c1ccccc1)c1ccccc1)COC(=O)CCCC[C@@H]1CCSS1. The van der Waals surface area contributed by atoms with Crippen molar-refractivity contribution in [3.05, 3.63) is 71.8 Å². The zero-order chi connectivity index (χ0) is 21.7. The summed E-state index contributed by atoms with van der Waals surface area (Å²) in [4.78, 5) is 14.0. The predicted octanol–water partition coefficient (Wildman–Crippen LogP) is 5.94. The zero-order valence-corrected chi connectivity index (χ0v) is 19.9. The van der Waals surface area contributed by atoms with Gasteiger partial charge in [0.25, 0.3) is 0 Å². The molecule has 0 aromatic heterocycles. The van der Waals surface area contributed by atoms with Crippen LogP contribution in [0.5, 0.6) is 0 Å². The Kier molecular flexibility index (Phi) is 10.8. The Balaban J connectivity index is 1.33. The second kappa shape index (κ2) is 13.8. The molecule has 4 nitrogen and oxygen atoms in total. The van der Waals surface area contributed by atoms with Crippen LogP contribution in [0, 0.1) is 0 Å². The second-order valence-corrected chi connectivity index (χ2v) is 10.7. The smallest absolute Gasteiger partial charge is 0.307 e. The van der Waals surface area contributed by atoms with E-state index in [1.54, 1.807) is 0 Å². The molecule has 6 heteroatoms. The van der Waals surface area contributed by atoms with Crippen molar-refractivity contribution in [2.45, 2.75) is 43.5 Å². The van der Waals surface area contributed by atoms with Crippen LogP contribution in [0.15, 0.2) is 60.7 Å². The van der Waals surface area contributed by atoms with Gasteiger partial charge in [-0.05, 0) is 37.4 Å². The number of carbonyl (C=O) groups excluding carboxylic acids is 1. The van der Waals surface area contributed by atoms with Crippen LogP contribution in [-0.2, 0) is 14.3 Å². The first-order valence-corrected chi connectivity index (χ1v) is 13.4. The maximum absolute atomic E-state index is 12.0. The fraction of sp³-hybridized carbons (Fsp3) is 0.480. The van der Waals surface area contributed by atoms with Crippen LogP contribution in [-0.4, -0.2) is 48.8 Å². The standard InChI is InChI=1S/C25H33NO3S2/c1-26(20-29-24(27)15-9-8-14-23-16-19-30-31-23)17-18-28-25(21-10-4-2-5-11-21)22-12-6-3-7-13-22/h2-7,10-13,23,25H,8-9,14-20H2,1H3/t23-/m1/s1. The maximum atomic E-state index is 12.0. The molecule has 0 saturated carbocycles. The molecular weight excluding hydrogens is 426 g/mol. The summed E-state index contributed by atoms with van der Waals surface area (Å²) in [6.45, 7) is 1.55. The molecule has 168 valence electrons. The third-order valence-corrected chi connectivity index (χ3v) is 8.30. The van der Waals surface area contributed by atoms with Crippen LogP contribution in [0.1, 0.15) is 49.3 Å². The van der Waals surface area contributed by atoms with E-state index in [9.17, 15) is 4.79 Å². The van der Waals surface area contributed by atoms with Crippen LogP contribution < -0.4 is 0 Å². The molecule has 0 bridgehead atoms. The molecule has 1 fully saturated rings. The normalized spacial score (nSPS) is 16.2. The molecule has 1 aliphatic rings. The number of likely N-dealkylation sites (N-methyl/N-ethyl adjacent to an activating group) is 1. The van der Waals surface area contributed by atoms with Crippen molar-refractivity contribution in [2.75, 3.05) is 32.7 Å². The number of rotatable bonds is 13. The van der Waals surface area contributed by atoms with Crippen LogP contribution >= 0.6 is 21.6 Å². The number of hydrogen-bond donors (Lipinski definition) is 0. The van der Waals surface area contributed by atoms with Crippen LogP contribution in [0.4, 0.5) is 0 Å². The monoisotopic (exact) mass is 459 g/mol. The Labute approximate surface area is 194 Å². The summed E-state index contributed by atoms with van der Waals surface area (Å²) in [6.07, 6.45) is 4.96. The lowest BCUT2D eigenvalue weighted by atomic mass is 10.0. The number of ether oxygens (including phenoxy) is 2. The first kappa shape index (κ1) is 24.2. The van der Waals surface area contributed by atoms with Crippen LogP contribution in [0.3, 0.4) is 0 Å². The molecule has 0 N–H and O–H groups in total. The highest BCUT2D eigenvalue weighted by Gasteiger charge is 2.16. The van der Waals surface area contributed by atoms with Gasteiger partial charge in [-0.25, -0.2) is 0 Å². The summed E-state index contributed by atoms with van der Waals surface area (Å²) in [5.74, 6) is 1.16. The molecule has 1 heterocycles. The molecule has 0 amide bonds. The van der Waals surface area contributed by atoms with Gasteiger partial charge in [0.2, 0.25) is 0 Å².